The molecule has 1 aliphatic carbocycles. The molecule has 0 spiro atoms. The van der Waals surface area contributed by atoms with Crippen molar-refractivity contribution >= 4 is 5.91 Å². The number of hydrogen-bond acceptors (Lipinski definition) is 3. The van der Waals surface area contributed by atoms with Crippen molar-refractivity contribution in [2.45, 2.75) is 70.8 Å². The molecule has 26 heavy (non-hydrogen) atoms. The Morgan fingerprint density at radius 3 is 2.27 bits per heavy atom. The van der Waals surface area contributed by atoms with Gasteiger partial charge in [0.15, 0.2) is 6.61 Å². The molecule has 1 aromatic rings. The predicted octanol–water partition coefficient (Wildman–Crippen LogP) is 3.99. The first-order valence-corrected chi connectivity index (χ1v) is 10.3. The Bertz CT molecular complexity index is 582. The molecule has 2 fully saturated rings. The number of carbonyl (C=O) groups is 1. The van der Waals surface area contributed by atoms with Crippen molar-refractivity contribution in [2.24, 2.45) is 0 Å². The Hall–Kier alpha value is -1.55. The fourth-order valence-electron chi connectivity index (χ4n) is 4.66. The van der Waals surface area contributed by atoms with Crippen LogP contribution in [0.2, 0.25) is 0 Å². The highest BCUT2D eigenvalue weighted by Gasteiger charge is 2.38. The Morgan fingerprint density at radius 1 is 1.00 bits per heavy atom. The van der Waals surface area contributed by atoms with E-state index in [1.807, 2.05) is 26.0 Å². The summed E-state index contributed by atoms with van der Waals surface area (Å²) in [7, 11) is 0. The zero-order valence-electron chi connectivity index (χ0n) is 16.5. The third-order valence-corrected chi connectivity index (χ3v) is 5.99. The number of rotatable bonds is 6. The van der Waals surface area contributed by atoms with Gasteiger partial charge in [-0.15, -0.1) is 0 Å². The Kier molecular flexibility index (Phi) is 6.58. The Labute approximate surface area is 158 Å². The third kappa shape index (κ3) is 5.00. The minimum atomic E-state index is -0.00822. The lowest BCUT2D eigenvalue weighted by molar-refractivity contribution is -0.124. The molecule has 1 aliphatic heterocycles. The number of nitrogens with zero attached hydrogens (tertiary/aromatic N) is 1. The van der Waals surface area contributed by atoms with Gasteiger partial charge in [-0.3, -0.25) is 9.69 Å². The first kappa shape index (κ1) is 19.2. The molecule has 0 unspecified atom stereocenters. The molecule has 0 radical (unpaired) electrons. The molecule has 3 rings (SSSR count). The molecule has 1 aromatic carbocycles. The van der Waals surface area contributed by atoms with Crippen molar-refractivity contribution in [1.82, 2.24) is 10.2 Å². The lowest BCUT2D eigenvalue weighted by atomic mass is 9.79. The summed E-state index contributed by atoms with van der Waals surface area (Å²) in [6.45, 7) is 7.33. The van der Waals surface area contributed by atoms with Crippen LogP contribution in [0.15, 0.2) is 18.2 Å². The van der Waals surface area contributed by atoms with Crippen molar-refractivity contribution < 1.29 is 9.53 Å². The summed E-state index contributed by atoms with van der Waals surface area (Å²) < 4.78 is 5.72. The van der Waals surface area contributed by atoms with E-state index >= 15 is 0 Å². The summed E-state index contributed by atoms with van der Waals surface area (Å²) >= 11 is 0. The van der Waals surface area contributed by atoms with Gasteiger partial charge < -0.3 is 10.1 Å². The maximum absolute atomic E-state index is 12.4. The van der Waals surface area contributed by atoms with Gasteiger partial charge in [-0.2, -0.15) is 0 Å². The molecule has 1 heterocycles. The topological polar surface area (TPSA) is 41.6 Å². The van der Waals surface area contributed by atoms with E-state index < -0.39 is 0 Å². The molecule has 0 bridgehead atoms. The first-order valence-electron chi connectivity index (χ1n) is 10.3. The number of benzene rings is 1. The monoisotopic (exact) mass is 358 g/mol. The zero-order valence-corrected chi connectivity index (χ0v) is 16.5. The third-order valence-electron chi connectivity index (χ3n) is 5.99. The SMILES string of the molecule is Cc1cc(C)cc(OCC(=O)NCC2(N3CCCCC3)CCCCC2)c1. The number of nitrogens with one attached hydrogen (secondary N) is 1. The zero-order chi connectivity index (χ0) is 18.4. The lowest BCUT2D eigenvalue weighted by Crippen LogP contribution is -2.58. The van der Waals surface area contributed by atoms with E-state index in [0.29, 0.717) is 0 Å². The molecule has 4 nitrogen and oxygen atoms in total. The number of amides is 1. The first-order chi connectivity index (χ1) is 12.6. The second-order valence-electron chi connectivity index (χ2n) is 8.22. The van der Waals surface area contributed by atoms with Crippen molar-refractivity contribution in [3.8, 4) is 5.75 Å². The van der Waals surface area contributed by atoms with Gasteiger partial charge in [-0.25, -0.2) is 0 Å². The number of carbonyl (C=O) groups excluding carboxylic acids is 1. The van der Waals surface area contributed by atoms with Crippen LogP contribution in [0.25, 0.3) is 0 Å². The van der Waals surface area contributed by atoms with Gasteiger partial charge in [0.2, 0.25) is 0 Å². The standard InChI is InChI=1S/C22H34N2O2/c1-18-13-19(2)15-20(14-18)26-16-21(25)23-17-22(9-5-3-6-10-22)24-11-7-4-8-12-24/h13-15H,3-12,16-17H2,1-2H3,(H,23,25). The molecule has 0 aromatic heterocycles. The van der Waals surface area contributed by atoms with Gasteiger partial charge in [0.05, 0.1) is 0 Å². The van der Waals surface area contributed by atoms with Crippen LogP contribution >= 0.6 is 0 Å². The molecule has 1 saturated carbocycles. The van der Waals surface area contributed by atoms with Crippen LogP contribution in [0, 0.1) is 13.8 Å². The summed E-state index contributed by atoms with van der Waals surface area (Å²) in [6.07, 6.45) is 10.3. The predicted molar refractivity (Wildman–Crippen MR) is 106 cm³/mol. The quantitative estimate of drug-likeness (QED) is 0.836. The van der Waals surface area contributed by atoms with Crippen molar-refractivity contribution in [3.05, 3.63) is 29.3 Å². The normalized spacial score (nSPS) is 20.5. The van der Waals surface area contributed by atoms with Crippen LogP contribution in [0.4, 0.5) is 0 Å². The molecule has 0 atom stereocenters. The van der Waals surface area contributed by atoms with E-state index in [1.165, 1.54) is 64.5 Å². The minimum absolute atomic E-state index is 0.00822. The highest BCUT2D eigenvalue weighted by molar-refractivity contribution is 5.77. The maximum atomic E-state index is 12.4. The van der Waals surface area contributed by atoms with Crippen LogP contribution in [-0.4, -0.2) is 42.6 Å². The van der Waals surface area contributed by atoms with Gasteiger partial charge in [-0.05, 0) is 75.9 Å². The van der Waals surface area contributed by atoms with E-state index in [4.69, 9.17) is 4.74 Å². The van der Waals surface area contributed by atoms with Gasteiger partial charge in [-0.1, -0.05) is 31.7 Å². The van der Waals surface area contributed by atoms with Crippen LogP contribution in [0.1, 0.15) is 62.5 Å². The van der Waals surface area contributed by atoms with Gasteiger partial charge >= 0.3 is 0 Å². The van der Waals surface area contributed by atoms with Crippen LogP contribution in [0.3, 0.4) is 0 Å². The van der Waals surface area contributed by atoms with Crippen LogP contribution < -0.4 is 10.1 Å². The van der Waals surface area contributed by atoms with Crippen molar-refractivity contribution in [3.63, 3.8) is 0 Å². The van der Waals surface area contributed by atoms with E-state index in [0.717, 1.165) is 23.4 Å². The molecule has 1 N–H and O–H groups in total. The number of ether oxygens (including phenoxy) is 1. The largest absolute Gasteiger partial charge is 0.484 e. The molecular formula is C22H34N2O2. The van der Waals surface area contributed by atoms with E-state index in [-0.39, 0.29) is 18.1 Å². The second kappa shape index (κ2) is 8.90. The lowest BCUT2D eigenvalue weighted by Gasteiger charge is -2.48. The minimum Gasteiger partial charge on any atom is -0.484 e. The maximum Gasteiger partial charge on any atom is 0.258 e. The smallest absolute Gasteiger partial charge is 0.258 e. The molecule has 1 saturated heterocycles. The van der Waals surface area contributed by atoms with Gasteiger partial charge in [0.25, 0.3) is 5.91 Å². The average molecular weight is 359 g/mol. The molecule has 4 heteroatoms. The van der Waals surface area contributed by atoms with E-state index in [1.54, 1.807) is 0 Å². The Balaban J connectivity index is 1.53. The Morgan fingerprint density at radius 2 is 1.62 bits per heavy atom. The van der Waals surface area contributed by atoms with Gasteiger partial charge in [0, 0.05) is 12.1 Å². The van der Waals surface area contributed by atoms with E-state index in [9.17, 15) is 4.79 Å². The highest BCUT2D eigenvalue weighted by Crippen LogP contribution is 2.35. The number of aryl methyl sites for hydroxylation is 2. The summed E-state index contributed by atoms with van der Waals surface area (Å²) in [4.78, 5) is 15.1. The molecule has 1 amide bonds. The summed E-state index contributed by atoms with van der Waals surface area (Å²) in [5.41, 5.74) is 2.49. The van der Waals surface area contributed by atoms with Crippen LogP contribution in [0.5, 0.6) is 5.75 Å². The fraction of sp³-hybridized carbons (Fsp3) is 0.682. The highest BCUT2D eigenvalue weighted by atomic mass is 16.5. The van der Waals surface area contributed by atoms with Crippen molar-refractivity contribution in [1.29, 1.82) is 0 Å². The fourth-order valence-corrected chi connectivity index (χ4v) is 4.66. The number of likely N-dealkylation sites (tertiary alicyclic amines) is 1. The average Bonchev–Trinajstić information content (AvgIpc) is 2.65. The second-order valence-corrected chi connectivity index (χ2v) is 8.22. The summed E-state index contributed by atoms with van der Waals surface area (Å²) in [5, 5.41) is 3.18. The van der Waals surface area contributed by atoms with E-state index in [2.05, 4.69) is 16.3 Å². The molecule has 144 valence electrons. The number of piperidine rings is 1. The molecular weight excluding hydrogens is 324 g/mol. The summed E-state index contributed by atoms with van der Waals surface area (Å²) in [6, 6.07) is 6.08. The summed E-state index contributed by atoms with van der Waals surface area (Å²) in [5.74, 6) is 0.771. The number of hydrogen-bond donors (Lipinski definition) is 1. The molecule has 2 aliphatic rings. The van der Waals surface area contributed by atoms with Crippen LogP contribution in [-0.2, 0) is 4.79 Å². The van der Waals surface area contributed by atoms with Crippen molar-refractivity contribution in [2.75, 3.05) is 26.2 Å². The van der Waals surface area contributed by atoms with Gasteiger partial charge in [0.1, 0.15) is 5.75 Å².